The number of carboxylic acid groups (broad SMARTS) is 1. The number of nitrogens with two attached hydrogens (primary N) is 1. The first-order valence-electron chi connectivity index (χ1n) is 1.19. The van der Waals surface area contributed by atoms with Crippen molar-refractivity contribution >= 4 is 43.7 Å². The molecule has 7 heavy (non-hydrogen) atoms. The van der Waals surface area contributed by atoms with Gasteiger partial charge in [0.2, 0.25) is 0 Å². The second-order valence-corrected chi connectivity index (χ2v) is 0.598. The van der Waals surface area contributed by atoms with Gasteiger partial charge in [-0.05, 0) is 0 Å². The molecule has 0 aromatic carbocycles. The zero-order chi connectivity index (χ0) is 4.28. The molecule has 0 spiro atoms. The molecule has 3 N–H and O–H groups in total. The fraction of sp³-hybridized carbons (Fsp3) is 0.500. The Kier molecular flexibility index (Phi) is 21.9. The molecule has 0 aliphatic heterocycles. The smallest absolute Gasteiger partial charge is 2.00 e. The molecule has 0 amide bonds. The molecule has 5 heteroatoms. The van der Waals surface area contributed by atoms with Crippen LogP contribution in [0, 0.1) is 0 Å². The summed E-state index contributed by atoms with van der Waals surface area (Å²) < 4.78 is 0. The van der Waals surface area contributed by atoms with Crippen LogP contribution in [0.15, 0.2) is 0 Å². The van der Waals surface area contributed by atoms with E-state index in [9.17, 15) is 4.79 Å². The predicted octanol–water partition coefficient (Wildman–Crippen LogP) is -1.47. The minimum atomic E-state index is -0.968. The molecule has 0 aromatic heterocycles. The molecular formula is C2H5CaNO3. The zero-order valence-electron chi connectivity index (χ0n) is 3.76. The van der Waals surface area contributed by atoms with E-state index in [4.69, 9.17) is 5.11 Å². The summed E-state index contributed by atoms with van der Waals surface area (Å²) >= 11 is 0. The van der Waals surface area contributed by atoms with E-state index in [1.807, 2.05) is 0 Å². The van der Waals surface area contributed by atoms with Crippen molar-refractivity contribution in [3.8, 4) is 0 Å². The van der Waals surface area contributed by atoms with Gasteiger partial charge in [0.1, 0.15) is 0 Å². The maximum absolute atomic E-state index is 9.24. The van der Waals surface area contributed by atoms with Gasteiger partial charge in [0.05, 0.1) is 6.54 Å². The summed E-state index contributed by atoms with van der Waals surface area (Å²) in [5.74, 6) is -0.968. The average Bonchev–Trinajstić information content (AvgIpc) is 1.38. The molecule has 0 aliphatic carbocycles. The van der Waals surface area contributed by atoms with E-state index < -0.39 is 5.97 Å². The third-order valence-electron chi connectivity index (χ3n) is 0.175. The Hall–Kier alpha value is 0.650. The van der Waals surface area contributed by atoms with Crippen LogP contribution in [0.1, 0.15) is 0 Å². The van der Waals surface area contributed by atoms with Crippen LogP contribution in [0.3, 0.4) is 0 Å². The van der Waals surface area contributed by atoms with E-state index in [0.29, 0.717) is 0 Å². The average molecular weight is 131 g/mol. The van der Waals surface area contributed by atoms with Crippen molar-refractivity contribution < 1.29 is 15.4 Å². The summed E-state index contributed by atoms with van der Waals surface area (Å²) in [7, 11) is 0. The second kappa shape index (κ2) is 9.82. The first-order chi connectivity index (χ1) is 2.27. The monoisotopic (exact) mass is 131 g/mol. The van der Waals surface area contributed by atoms with Gasteiger partial charge in [0, 0.05) is 0 Å². The Balaban J connectivity index is -0.0000000800. The molecule has 4 nitrogen and oxygen atoms in total. The van der Waals surface area contributed by atoms with Crippen LogP contribution in [0.4, 0.5) is 0 Å². The van der Waals surface area contributed by atoms with Gasteiger partial charge in [-0.25, -0.2) is 0 Å². The van der Waals surface area contributed by atoms with Crippen LogP contribution in [0.25, 0.3) is 0 Å². The summed E-state index contributed by atoms with van der Waals surface area (Å²) in [6, 6.07) is 0. The van der Waals surface area contributed by atoms with Crippen molar-refractivity contribution in [2.24, 2.45) is 5.73 Å². The van der Waals surface area contributed by atoms with Crippen molar-refractivity contribution in [3.05, 3.63) is 0 Å². The molecule has 0 radical (unpaired) electrons. The molecule has 38 valence electrons. The number of aliphatic carboxylic acids is 1. The first-order valence-corrected chi connectivity index (χ1v) is 1.19. The van der Waals surface area contributed by atoms with Gasteiger partial charge >= 0.3 is 43.7 Å². The van der Waals surface area contributed by atoms with Crippen molar-refractivity contribution in [2.45, 2.75) is 0 Å². The Morgan fingerprint density at radius 2 is 1.86 bits per heavy atom. The number of hydrogen-bond acceptors (Lipinski definition) is 2. The van der Waals surface area contributed by atoms with Crippen LogP contribution in [-0.2, 0) is 10.3 Å². The van der Waals surface area contributed by atoms with Gasteiger partial charge in [0.15, 0.2) is 0 Å². The van der Waals surface area contributed by atoms with Gasteiger partial charge < -0.3 is 16.3 Å². The van der Waals surface area contributed by atoms with E-state index in [0.717, 1.165) is 0 Å². The standard InChI is InChI=1S/C2H5NO2.Ca.O/c3-1-2(4)5;;/h1,3H2,(H,4,5);;/q;+2;-2. The summed E-state index contributed by atoms with van der Waals surface area (Å²) in [5, 5.41) is 7.60. The third kappa shape index (κ3) is 20.5. The maximum atomic E-state index is 9.24. The quantitative estimate of drug-likeness (QED) is 0.425. The largest absolute Gasteiger partial charge is 2.00 e. The van der Waals surface area contributed by atoms with Crippen LogP contribution in [0.5, 0.6) is 0 Å². The number of hydrogen-bond donors (Lipinski definition) is 2. The van der Waals surface area contributed by atoms with Gasteiger partial charge in [-0.15, -0.1) is 0 Å². The van der Waals surface area contributed by atoms with Crippen LogP contribution >= 0.6 is 0 Å². The Morgan fingerprint density at radius 1 is 1.71 bits per heavy atom. The minimum absolute atomic E-state index is 0. The van der Waals surface area contributed by atoms with Crippen molar-refractivity contribution in [2.75, 3.05) is 6.54 Å². The van der Waals surface area contributed by atoms with E-state index in [2.05, 4.69) is 5.73 Å². The van der Waals surface area contributed by atoms with Gasteiger partial charge in [0.25, 0.3) is 0 Å². The summed E-state index contributed by atoms with van der Waals surface area (Å²) in [4.78, 5) is 9.24. The topological polar surface area (TPSA) is 91.8 Å². The molecule has 0 unspecified atom stereocenters. The molecule has 0 fully saturated rings. The summed E-state index contributed by atoms with van der Waals surface area (Å²) in [6.45, 7) is -0.278. The molecule has 0 aliphatic rings. The maximum Gasteiger partial charge on any atom is 2.00 e. The van der Waals surface area contributed by atoms with E-state index in [1.165, 1.54) is 0 Å². The molecular weight excluding hydrogens is 126 g/mol. The van der Waals surface area contributed by atoms with E-state index in [1.54, 1.807) is 0 Å². The third-order valence-corrected chi connectivity index (χ3v) is 0.175. The number of carbonyl (C=O) groups is 1. The Bertz CT molecular complexity index is 48.2. The summed E-state index contributed by atoms with van der Waals surface area (Å²) in [5.41, 5.74) is 4.57. The van der Waals surface area contributed by atoms with E-state index in [-0.39, 0.29) is 49.8 Å². The molecule has 0 rings (SSSR count). The summed E-state index contributed by atoms with van der Waals surface area (Å²) in [6.07, 6.45) is 0. The van der Waals surface area contributed by atoms with Crippen molar-refractivity contribution in [1.29, 1.82) is 0 Å². The van der Waals surface area contributed by atoms with Crippen molar-refractivity contribution in [3.63, 3.8) is 0 Å². The normalized spacial score (nSPS) is 5.29. The molecule has 0 aromatic rings. The van der Waals surface area contributed by atoms with Gasteiger partial charge in [-0.2, -0.15) is 0 Å². The molecule has 0 atom stereocenters. The first kappa shape index (κ1) is 15.6. The van der Waals surface area contributed by atoms with Crippen molar-refractivity contribution in [1.82, 2.24) is 0 Å². The molecule has 0 saturated heterocycles. The molecule has 0 saturated carbocycles. The molecule has 0 heterocycles. The fourth-order valence-corrected chi connectivity index (χ4v) is 0. The fourth-order valence-electron chi connectivity index (χ4n) is 0. The zero-order valence-corrected chi connectivity index (χ0v) is 5.96. The Labute approximate surface area is 71.0 Å². The number of carboxylic acids is 1. The molecule has 0 bridgehead atoms. The Morgan fingerprint density at radius 3 is 1.86 bits per heavy atom. The minimum Gasteiger partial charge on any atom is -2.00 e. The SMILES string of the molecule is NCC(=O)O.[Ca+2].[O-2]. The van der Waals surface area contributed by atoms with Gasteiger partial charge in [-0.1, -0.05) is 0 Å². The van der Waals surface area contributed by atoms with Crippen LogP contribution in [0.2, 0.25) is 0 Å². The van der Waals surface area contributed by atoms with Crippen LogP contribution < -0.4 is 5.73 Å². The predicted molar refractivity (Wildman–Crippen MR) is 23.1 cm³/mol. The van der Waals surface area contributed by atoms with Gasteiger partial charge in [-0.3, -0.25) is 4.79 Å². The van der Waals surface area contributed by atoms with Crippen LogP contribution in [-0.4, -0.2) is 55.4 Å². The number of rotatable bonds is 1. The second-order valence-electron chi connectivity index (χ2n) is 0.598. The van der Waals surface area contributed by atoms with E-state index >= 15 is 0 Å².